The molecule has 0 spiro atoms. The topological polar surface area (TPSA) is 29.1 Å². The number of amides is 1. The Morgan fingerprint density at radius 1 is 1.07 bits per heavy atom. The SMILES string of the molecule is O=CNc1ccc2cc(F)ccc2c1. The molecule has 0 atom stereocenters. The van der Waals surface area contributed by atoms with Crippen LogP contribution in [0.3, 0.4) is 0 Å². The van der Waals surface area contributed by atoms with E-state index in [4.69, 9.17) is 0 Å². The highest BCUT2D eigenvalue weighted by Gasteiger charge is 1.97. The molecule has 1 amide bonds. The van der Waals surface area contributed by atoms with Crippen molar-refractivity contribution in [3.63, 3.8) is 0 Å². The van der Waals surface area contributed by atoms with Crippen molar-refractivity contribution < 1.29 is 9.18 Å². The lowest BCUT2D eigenvalue weighted by Gasteiger charge is -2.01. The summed E-state index contributed by atoms with van der Waals surface area (Å²) in [6, 6.07) is 9.83. The molecule has 14 heavy (non-hydrogen) atoms. The maximum Gasteiger partial charge on any atom is 0.211 e. The summed E-state index contributed by atoms with van der Waals surface area (Å²) in [5.74, 6) is -0.256. The summed E-state index contributed by atoms with van der Waals surface area (Å²) in [5, 5.41) is 4.26. The molecule has 0 heterocycles. The molecule has 2 nitrogen and oxygen atoms in total. The van der Waals surface area contributed by atoms with Gasteiger partial charge in [-0.15, -0.1) is 0 Å². The molecular weight excluding hydrogens is 181 g/mol. The van der Waals surface area contributed by atoms with Gasteiger partial charge in [0.1, 0.15) is 5.82 Å². The Labute approximate surface area is 80.4 Å². The van der Waals surface area contributed by atoms with E-state index in [1.165, 1.54) is 12.1 Å². The number of hydrogen-bond donors (Lipinski definition) is 1. The lowest BCUT2D eigenvalue weighted by Crippen LogP contribution is -1.92. The minimum Gasteiger partial charge on any atom is -0.329 e. The van der Waals surface area contributed by atoms with E-state index in [9.17, 15) is 9.18 Å². The van der Waals surface area contributed by atoms with E-state index in [-0.39, 0.29) is 5.82 Å². The fourth-order valence-corrected chi connectivity index (χ4v) is 1.37. The van der Waals surface area contributed by atoms with E-state index < -0.39 is 0 Å². The highest BCUT2D eigenvalue weighted by Crippen LogP contribution is 2.19. The first kappa shape index (κ1) is 8.69. The zero-order chi connectivity index (χ0) is 9.97. The van der Waals surface area contributed by atoms with Crippen LogP contribution in [0.2, 0.25) is 0 Å². The van der Waals surface area contributed by atoms with Crippen LogP contribution in [-0.2, 0) is 4.79 Å². The van der Waals surface area contributed by atoms with Crippen LogP contribution in [0, 0.1) is 5.82 Å². The third-order valence-electron chi connectivity index (χ3n) is 2.03. The Bertz CT molecular complexity index is 482. The van der Waals surface area contributed by atoms with Gasteiger partial charge in [0.25, 0.3) is 0 Å². The van der Waals surface area contributed by atoms with Crippen molar-refractivity contribution in [2.24, 2.45) is 0 Å². The monoisotopic (exact) mass is 189 g/mol. The summed E-state index contributed by atoms with van der Waals surface area (Å²) in [7, 11) is 0. The third-order valence-corrected chi connectivity index (χ3v) is 2.03. The third kappa shape index (κ3) is 1.57. The van der Waals surface area contributed by atoms with E-state index in [0.717, 1.165) is 10.8 Å². The molecule has 0 radical (unpaired) electrons. The molecule has 0 bridgehead atoms. The van der Waals surface area contributed by atoms with E-state index >= 15 is 0 Å². The van der Waals surface area contributed by atoms with E-state index in [1.807, 2.05) is 0 Å². The summed E-state index contributed by atoms with van der Waals surface area (Å²) in [5.41, 5.74) is 0.708. The smallest absolute Gasteiger partial charge is 0.211 e. The molecule has 2 rings (SSSR count). The molecule has 3 heteroatoms. The van der Waals surface area contributed by atoms with Gasteiger partial charge in [-0.25, -0.2) is 4.39 Å². The van der Waals surface area contributed by atoms with Gasteiger partial charge in [0, 0.05) is 5.69 Å². The first-order valence-electron chi connectivity index (χ1n) is 4.19. The maximum atomic E-state index is 12.8. The minimum atomic E-state index is -0.256. The number of fused-ring (bicyclic) bond motifs is 1. The molecule has 2 aromatic carbocycles. The van der Waals surface area contributed by atoms with E-state index in [1.54, 1.807) is 24.3 Å². The fraction of sp³-hybridized carbons (Fsp3) is 0. The van der Waals surface area contributed by atoms with Crippen LogP contribution in [0.4, 0.5) is 10.1 Å². The van der Waals surface area contributed by atoms with Crippen LogP contribution in [0.1, 0.15) is 0 Å². The van der Waals surface area contributed by atoms with Crippen LogP contribution < -0.4 is 5.32 Å². The van der Waals surface area contributed by atoms with Gasteiger partial charge in [0.15, 0.2) is 0 Å². The summed E-state index contributed by atoms with van der Waals surface area (Å²) >= 11 is 0. The minimum absolute atomic E-state index is 0.256. The molecule has 2 aromatic rings. The van der Waals surface area contributed by atoms with E-state index in [2.05, 4.69) is 5.32 Å². The van der Waals surface area contributed by atoms with Crippen molar-refractivity contribution in [2.45, 2.75) is 0 Å². The van der Waals surface area contributed by atoms with Crippen molar-refractivity contribution in [2.75, 3.05) is 5.32 Å². The molecule has 0 fully saturated rings. The molecule has 0 aliphatic carbocycles. The zero-order valence-electron chi connectivity index (χ0n) is 7.33. The Morgan fingerprint density at radius 3 is 2.57 bits per heavy atom. The average molecular weight is 189 g/mol. The van der Waals surface area contributed by atoms with Crippen LogP contribution >= 0.6 is 0 Å². The maximum absolute atomic E-state index is 12.8. The molecule has 0 unspecified atom stereocenters. The molecular formula is C11H8FNO. The molecule has 0 aliphatic rings. The van der Waals surface area contributed by atoms with Crippen LogP contribution in [0.15, 0.2) is 36.4 Å². The lowest BCUT2D eigenvalue weighted by molar-refractivity contribution is -0.105. The van der Waals surface area contributed by atoms with Crippen LogP contribution in [0.5, 0.6) is 0 Å². The normalized spacial score (nSPS) is 10.1. The van der Waals surface area contributed by atoms with Gasteiger partial charge in [0.05, 0.1) is 0 Å². The van der Waals surface area contributed by atoms with Crippen LogP contribution in [0.25, 0.3) is 10.8 Å². The van der Waals surface area contributed by atoms with Gasteiger partial charge < -0.3 is 5.32 Å². The van der Waals surface area contributed by atoms with Crippen molar-refractivity contribution >= 4 is 22.9 Å². The highest BCUT2D eigenvalue weighted by atomic mass is 19.1. The number of rotatable bonds is 2. The van der Waals surface area contributed by atoms with Crippen LogP contribution in [-0.4, -0.2) is 6.41 Å². The fourth-order valence-electron chi connectivity index (χ4n) is 1.37. The van der Waals surface area contributed by atoms with Crippen molar-refractivity contribution in [1.29, 1.82) is 0 Å². The largest absolute Gasteiger partial charge is 0.329 e. The lowest BCUT2D eigenvalue weighted by atomic mass is 10.1. The summed E-state index contributed by atoms with van der Waals surface area (Å²) < 4.78 is 12.8. The average Bonchev–Trinajstić information content (AvgIpc) is 2.19. The number of benzene rings is 2. The number of anilines is 1. The molecule has 0 saturated carbocycles. The summed E-state index contributed by atoms with van der Waals surface area (Å²) in [6.45, 7) is 0. The summed E-state index contributed by atoms with van der Waals surface area (Å²) in [6.07, 6.45) is 0.616. The molecule has 1 N–H and O–H groups in total. The Balaban J connectivity index is 2.55. The number of nitrogens with one attached hydrogen (secondary N) is 1. The second-order valence-corrected chi connectivity index (χ2v) is 2.97. The van der Waals surface area contributed by atoms with Gasteiger partial charge in [-0.1, -0.05) is 12.1 Å². The Hall–Kier alpha value is -1.90. The summed E-state index contributed by atoms with van der Waals surface area (Å²) in [4.78, 5) is 10.2. The van der Waals surface area contributed by atoms with Crippen molar-refractivity contribution in [3.05, 3.63) is 42.2 Å². The molecule has 70 valence electrons. The Kier molecular flexibility index (Phi) is 2.14. The number of hydrogen-bond acceptors (Lipinski definition) is 1. The quantitative estimate of drug-likeness (QED) is 0.722. The highest BCUT2D eigenvalue weighted by molar-refractivity contribution is 5.87. The Morgan fingerprint density at radius 2 is 1.79 bits per heavy atom. The van der Waals surface area contributed by atoms with Gasteiger partial charge in [0.2, 0.25) is 6.41 Å². The van der Waals surface area contributed by atoms with Crippen molar-refractivity contribution in [1.82, 2.24) is 0 Å². The number of carbonyl (C=O) groups excluding carboxylic acids is 1. The molecule has 0 saturated heterocycles. The first-order valence-corrected chi connectivity index (χ1v) is 4.19. The molecule has 0 aliphatic heterocycles. The van der Waals surface area contributed by atoms with E-state index in [0.29, 0.717) is 12.1 Å². The standard InChI is InChI=1S/C11H8FNO/c12-10-3-1-9-6-11(13-7-14)4-2-8(9)5-10/h1-7H,(H,13,14). The zero-order valence-corrected chi connectivity index (χ0v) is 7.33. The second-order valence-electron chi connectivity index (χ2n) is 2.97. The van der Waals surface area contributed by atoms with Gasteiger partial charge in [-0.3, -0.25) is 4.79 Å². The predicted molar refractivity (Wildman–Crippen MR) is 53.6 cm³/mol. The first-order chi connectivity index (χ1) is 6.79. The number of halogens is 1. The van der Waals surface area contributed by atoms with Gasteiger partial charge in [-0.05, 0) is 35.0 Å². The predicted octanol–water partition coefficient (Wildman–Crippen LogP) is 2.55. The molecule has 0 aromatic heterocycles. The van der Waals surface area contributed by atoms with Crippen molar-refractivity contribution in [3.8, 4) is 0 Å². The second kappa shape index (κ2) is 3.46. The van der Waals surface area contributed by atoms with Gasteiger partial charge >= 0.3 is 0 Å². The van der Waals surface area contributed by atoms with Gasteiger partial charge in [-0.2, -0.15) is 0 Å². The number of carbonyl (C=O) groups is 1.